The van der Waals surface area contributed by atoms with Crippen LogP contribution in [-0.2, 0) is 43.2 Å². The molecule has 1 aromatic carbocycles. The summed E-state index contributed by atoms with van der Waals surface area (Å²) in [4.78, 5) is 72.1. The fourth-order valence-corrected chi connectivity index (χ4v) is 10.6. The van der Waals surface area contributed by atoms with Crippen molar-refractivity contribution >= 4 is 114 Å². The first-order chi connectivity index (χ1) is 30.5. The lowest BCUT2D eigenvalue weighted by molar-refractivity contribution is -0.155. The van der Waals surface area contributed by atoms with Gasteiger partial charge in [-0.05, 0) is 95.3 Å². The molecule has 21 heteroatoms. The van der Waals surface area contributed by atoms with E-state index in [1.165, 1.54) is 21.2 Å². The molecule has 0 spiro atoms. The molecule has 4 aromatic rings. The minimum Gasteiger partial charge on any atom is -0.464 e. The van der Waals surface area contributed by atoms with E-state index in [2.05, 4.69) is 72.3 Å². The van der Waals surface area contributed by atoms with Gasteiger partial charge in [0.05, 0.1) is 34.8 Å². The number of nitrogens with one attached hydrogen (secondary N) is 2. The van der Waals surface area contributed by atoms with E-state index >= 15 is 0 Å². The summed E-state index contributed by atoms with van der Waals surface area (Å²) in [6, 6.07) is 7.81. The van der Waals surface area contributed by atoms with Crippen LogP contribution in [0.25, 0.3) is 33.4 Å². The second-order valence-corrected chi connectivity index (χ2v) is 20.0. The number of urea groups is 1. The Kier molecular flexibility index (Phi) is 23.8. The van der Waals surface area contributed by atoms with E-state index in [0.717, 1.165) is 64.1 Å². The molecule has 2 saturated heterocycles. The zero-order chi connectivity index (χ0) is 46.0. The van der Waals surface area contributed by atoms with Crippen molar-refractivity contribution in [2.24, 2.45) is 11.3 Å². The second kappa shape index (κ2) is 26.5. The van der Waals surface area contributed by atoms with E-state index in [9.17, 15) is 19.2 Å². The van der Waals surface area contributed by atoms with E-state index in [1.54, 1.807) is 32.3 Å². The molecule has 0 saturated carbocycles. The van der Waals surface area contributed by atoms with Crippen molar-refractivity contribution in [1.82, 2.24) is 45.0 Å². The standard InChI is InChI=1S/C48H67N9O6S.5H2S/c1-11-56-39-19-18-31-23-34(39)35(43(56)33-16-12-20-49-41(33)30(4)62-10)25-48(5,6)28-63-46(60)36-17-14-22-57(52-36)45(59)37(24-40-50-38(31)27-64-40)51-44(58)42(29(2)3)55(9)47(61)54(8)26-32-15-13-21-53(32)7;;;;;/h12,16,18-20,23,27,29-30,32,36-37,42,52H,11,13-15,17,21-22,24-26,28H2,1-10H3,(H,51,58);5*1H2/t30-,32-,36-,37-,42-;;;;;/m0...../s1. The lowest BCUT2D eigenvalue weighted by atomic mass is 9.84. The number of likely N-dealkylation sites (tertiary alicyclic amines) is 1. The number of pyridine rings is 1. The number of cyclic esters (lactones) is 1. The Hall–Kier alpha value is -3.15. The lowest BCUT2D eigenvalue weighted by Crippen LogP contribution is -2.62. The first-order valence-electron chi connectivity index (χ1n) is 22.8. The summed E-state index contributed by atoms with van der Waals surface area (Å²) in [6.07, 6.45) is 5.40. The number of esters is 1. The number of hydrogen-bond donors (Lipinski definition) is 2. The fourth-order valence-electron chi connectivity index (χ4n) is 9.74. The molecule has 5 atom stereocenters. The number of carbonyl (C=O) groups excluding carboxylic acids is 4. The first-order valence-corrected chi connectivity index (χ1v) is 23.7. The molecule has 6 heterocycles. The first kappa shape index (κ1) is 62.0. The van der Waals surface area contributed by atoms with Crippen LogP contribution in [0.1, 0.15) is 89.6 Å². The molecule has 15 nitrogen and oxygen atoms in total. The Morgan fingerprint density at radius 1 is 1.04 bits per heavy atom. The summed E-state index contributed by atoms with van der Waals surface area (Å²) in [5, 5.41) is 8.23. The van der Waals surface area contributed by atoms with Gasteiger partial charge in [0, 0.05) is 92.3 Å². The summed E-state index contributed by atoms with van der Waals surface area (Å²) in [7, 11) is 7.19. The van der Waals surface area contributed by atoms with Gasteiger partial charge in [0.2, 0.25) is 5.91 Å². The number of nitrogens with zero attached hydrogens (tertiary/aromatic N) is 7. The molecule has 7 rings (SSSR count). The van der Waals surface area contributed by atoms with Crippen molar-refractivity contribution in [3.05, 3.63) is 58.2 Å². The third kappa shape index (κ3) is 13.7. The zero-order valence-corrected chi connectivity index (χ0v) is 47.6. The number of rotatable bonds is 10. The van der Waals surface area contributed by atoms with Crippen LogP contribution in [0.3, 0.4) is 0 Å². The topological polar surface area (TPSA) is 154 Å². The van der Waals surface area contributed by atoms with E-state index in [4.69, 9.17) is 19.4 Å². The number of ether oxygens (including phenoxy) is 2. The Morgan fingerprint density at radius 2 is 1.75 bits per heavy atom. The number of hydrogen-bond acceptors (Lipinski definition) is 11. The Balaban J connectivity index is 0.00000327. The highest BCUT2D eigenvalue weighted by Crippen LogP contribution is 2.42. The van der Waals surface area contributed by atoms with Gasteiger partial charge in [-0.2, -0.15) is 67.5 Å². The summed E-state index contributed by atoms with van der Waals surface area (Å²) in [5.41, 5.74) is 9.40. The molecule has 0 aliphatic carbocycles. The largest absolute Gasteiger partial charge is 0.464 e. The fraction of sp³-hybridized carbons (Fsp3) is 0.583. The van der Waals surface area contributed by atoms with Gasteiger partial charge >= 0.3 is 12.0 Å². The van der Waals surface area contributed by atoms with E-state index in [0.29, 0.717) is 43.9 Å². The minimum absolute atomic E-state index is 0. The third-order valence-electron chi connectivity index (χ3n) is 13.3. The average Bonchev–Trinajstić information content (AvgIpc) is 4.00. The van der Waals surface area contributed by atoms with Gasteiger partial charge in [-0.15, -0.1) is 11.3 Å². The van der Waals surface area contributed by atoms with Gasteiger partial charge < -0.3 is 34.1 Å². The molecule has 0 unspecified atom stereocenters. The number of hydrazine groups is 1. The number of thiazole rings is 1. The van der Waals surface area contributed by atoms with Crippen LogP contribution in [0, 0.1) is 11.3 Å². The average molecular weight is 1070 g/mol. The molecule has 4 amide bonds. The Labute approximate surface area is 447 Å². The summed E-state index contributed by atoms with van der Waals surface area (Å²) in [6.45, 7) is 14.9. The van der Waals surface area contributed by atoms with Crippen LogP contribution in [0.4, 0.5) is 4.79 Å². The van der Waals surface area contributed by atoms with Gasteiger partial charge in [0.25, 0.3) is 5.91 Å². The predicted octanol–water partition coefficient (Wildman–Crippen LogP) is 6.87. The third-order valence-corrected chi connectivity index (χ3v) is 14.1. The molecule has 69 heavy (non-hydrogen) atoms. The van der Waals surface area contributed by atoms with Crippen molar-refractivity contribution in [3.63, 3.8) is 0 Å². The number of fused-ring (bicyclic) bond motifs is 6. The number of likely N-dealkylation sites (N-methyl/N-ethyl adjacent to an activating group) is 3. The normalized spacial score (nSPS) is 20.1. The highest BCUT2D eigenvalue weighted by Gasteiger charge is 2.39. The van der Waals surface area contributed by atoms with Gasteiger partial charge in [-0.1, -0.05) is 33.8 Å². The van der Waals surface area contributed by atoms with E-state index in [1.807, 2.05) is 32.2 Å². The maximum Gasteiger partial charge on any atom is 0.324 e. The molecule has 3 aromatic heterocycles. The molecule has 0 radical (unpaired) electrons. The van der Waals surface area contributed by atoms with E-state index in [-0.39, 0.29) is 111 Å². The molecule has 2 fully saturated rings. The van der Waals surface area contributed by atoms with Crippen LogP contribution in [0.15, 0.2) is 41.9 Å². The molecule has 3 aliphatic rings. The summed E-state index contributed by atoms with van der Waals surface area (Å²) in [5.74, 6) is -1.52. The highest BCUT2D eigenvalue weighted by molar-refractivity contribution is 7.60. The monoisotopic (exact) mass is 1070 g/mol. The van der Waals surface area contributed by atoms with Crippen LogP contribution in [-0.4, -0.2) is 137 Å². The SMILES string of the molecule is CCn1c(-c2cccnc2[C@H](C)OC)c2c3cc(ccc31)-c1csc(n1)C[C@H](NC(=O)[C@H](C(C)C)N(C)C(=O)N(C)C[C@@H]1CCCN1C)C(=O)N1CCC[C@H](N1)C(=O)OCC(C)(C)C2.S.S.S.S.S. The number of aryl methyl sites for hydroxylation is 1. The van der Waals surface area contributed by atoms with Gasteiger partial charge in [-0.3, -0.25) is 24.4 Å². The predicted molar refractivity (Wildman–Crippen MR) is 301 cm³/mol. The molecule has 2 N–H and O–H groups in total. The molecule has 6 bridgehead atoms. The molecule has 3 aliphatic heterocycles. The zero-order valence-electron chi connectivity index (χ0n) is 41.8. The van der Waals surface area contributed by atoms with Gasteiger partial charge in [-0.25, -0.2) is 15.2 Å². The van der Waals surface area contributed by atoms with Gasteiger partial charge in [0.15, 0.2) is 0 Å². The Bertz CT molecular complexity index is 2360. The summed E-state index contributed by atoms with van der Waals surface area (Å²) < 4.78 is 14.3. The van der Waals surface area contributed by atoms with Crippen LogP contribution in [0.2, 0.25) is 0 Å². The number of amides is 4. The quantitative estimate of drug-likeness (QED) is 0.161. The van der Waals surface area contributed by atoms with Crippen molar-refractivity contribution in [1.29, 1.82) is 0 Å². The minimum atomic E-state index is -1.04. The van der Waals surface area contributed by atoms with Crippen molar-refractivity contribution in [2.75, 3.05) is 54.5 Å². The number of methoxy groups -OCH3 is 1. The van der Waals surface area contributed by atoms with Crippen molar-refractivity contribution < 1.29 is 28.7 Å². The molecule has 386 valence electrons. The molecular weight excluding hydrogens is 991 g/mol. The Morgan fingerprint density at radius 3 is 2.41 bits per heavy atom. The summed E-state index contributed by atoms with van der Waals surface area (Å²) >= 11 is 1.43. The van der Waals surface area contributed by atoms with Crippen molar-refractivity contribution in [3.8, 4) is 22.5 Å². The maximum atomic E-state index is 14.6. The maximum absolute atomic E-state index is 14.6. The van der Waals surface area contributed by atoms with Crippen LogP contribution < -0.4 is 10.7 Å². The van der Waals surface area contributed by atoms with E-state index < -0.39 is 35.4 Å². The lowest BCUT2D eigenvalue weighted by Gasteiger charge is -2.37. The van der Waals surface area contributed by atoms with Crippen LogP contribution in [0.5, 0.6) is 0 Å². The highest BCUT2D eigenvalue weighted by atomic mass is 32.1. The second-order valence-electron chi connectivity index (χ2n) is 19.0. The van der Waals surface area contributed by atoms with Crippen molar-refractivity contribution in [2.45, 2.75) is 117 Å². The van der Waals surface area contributed by atoms with Crippen LogP contribution >= 0.6 is 78.8 Å². The number of aromatic nitrogens is 3. The number of carbonyl (C=O) groups is 4. The van der Waals surface area contributed by atoms with Gasteiger partial charge in [0.1, 0.15) is 18.1 Å². The smallest absolute Gasteiger partial charge is 0.324 e. The number of benzene rings is 1. The molecular formula is C48H77N9O6S6.